The van der Waals surface area contributed by atoms with E-state index in [1.807, 2.05) is 0 Å². The summed E-state index contributed by atoms with van der Waals surface area (Å²) in [5.74, 6) is -0.448. The molecule has 29 heavy (non-hydrogen) atoms. The number of nitrogens with one attached hydrogen (secondary N) is 1. The predicted octanol–water partition coefficient (Wildman–Crippen LogP) is 4.32. The molecule has 1 aromatic carbocycles. The lowest BCUT2D eigenvalue weighted by Gasteiger charge is -2.17. The van der Waals surface area contributed by atoms with Crippen LogP contribution >= 0.6 is 11.6 Å². The highest BCUT2D eigenvalue weighted by Crippen LogP contribution is 2.40. The van der Waals surface area contributed by atoms with Gasteiger partial charge in [0.2, 0.25) is 0 Å². The van der Waals surface area contributed by atoms with Crippen molar-refractivity contribution in [2.45, 2.75) is 32.2 Å². The van der Waals surface area contributed by atoms with E-state index in [4.69, 9.17) is 11.6 Å². The minimum atomic E-state index is -4.71. The van der Waals surface area contributed by atoms with Crippen LogP contribution in [-0.2, 0) is 6.18 Å². The lowest BCUT2D eigenvalue weighted by Crippen LogP contribution is -2.25. The molecule has 2 atom stereocenters. The van der Waals surface area contributed by atoms with Crippen LogP contribution in [0, 0.1) is 5.82 Å². The van der Waals surface area contributed by atoms with Gasteiger partial charge in [0, 0.05) is 11.8 Å². The van der Waals surface area contributed by atoms with Gasteiger partial charge < -0.3 is 10.4 Å². The Hall–Kier alpha value is -2.52. The van der Waals surface area contributed by atoms with Crippen molar-refractivity contribution in [2.75, 3.05) is 11.9 Å². The van der Waals surface area contributed by atoms with Crippen molar-refractivity contribution in [3.63, 3.8) is 0 Å². The SMILES string of the molecule is CC(O)C/N=C1\Nc2ccc(C(F)(F)F)c(Cl)c2C(c2ncccc2F)=N[C@H]1C. The highest BCUT2D eigenvalue weighted by molar-refractivity contribution is 6.38. The molecule has 2 N–H and O–H groups in total. The summed E-state index contributed by atoms with van der Waals surface area (Å²) in [4.78, 5) is 12.6. The van der Waals surface area contributed by atoms with Gasteiger partial charge in [-0.25, -0.2) is 4.39 Å². The van der Waals surface area contributed by atoms with E-state index < -0.39 is 34.7 Å². The first-order valence-corrected chi connectivity index (χ1v) is 9.05. The topological polar surface area (TPSA) is 69.9 Å². The number of aliphatic imine (C=N–C) groups is 2. The van der Waals surface area contributed by atoms with E-state index in [1.54, 1.807) is 13.8 Å². The minimum Gasteiger partial charge on any atom is -0.391 e. The van der Waals surface area contributed by atoms with Gasteiger partial charge in [-0.3, -0.25) is 15.0 Å². The molecule has 0 radical (unpaired) electrons. The second kappa shape index (κ2) is 8.08. The number of aliphatic hydroxyl groups is 1. The number of anilines is 1. The molecule has 0 saturated carbocycles. The number of benzodiazepines with no additional fused rings is 1. The smallest absolute Gasteiger partial charge is 0.391 e. The summed E-state index contributed by atoms with van der Waals surface area (Å²) in [5.41, 5.74) is -1.34. The van der Waals surface area contributed by atoms with Gasteiger partial charge in [0.1, 0.15) is 17.6 Å². The van der Waals surface area contributed by atoms with Gasteiger partial charge >= 0.3 is 6.18 Å². The number of fused-ring (bicyclic) bond motifs is 1. The lowest BCUT2D eigenvalue weighted by atomic mass is 10.0. The molecule has 5 nitrogen and oxygen atoms in total. The molecule has 0 aliphatic carbocycles. The number of amidine groups is 1. The van der Waals surface area contributed by atoms with Crippen LogP contribution in [0.15, 0.2) is 40.4 Å². The van der Waals surface area contributed by atoms with E-state index in [0.717, 1.165) is 12.1 Å². The van der Waals surface area contributed by atoms with Crippen molar-refractivity contribution in [3.05, 3.63) is 58.1 Å². The minimum absolute atomic E-state index is 0.0547. The summed E-state index contributed by atoms with van der Waals surface area (Å²) < 4.78 is 54.7. The number of halogens is 5. The highest BCUT2D eigenvalue weighted by atomic mass is 35.5. The summed E-state index contributed by atoms with van der Waals surface area (Å²) in [6.45, 7) is 3.24. The number of pyridine rings is 1. The van der Waals surface area contributed by atoms with Gasteiger partial charge in [-0.15, -0.1) is 0 Å². The van der Waals surface area contributed by atoms with Crippen LogP contribution in [0.1, 0.15) is 30.7 Å². The molecule has 1 aliphatic heterocycles. The van der Waals surface area contributed by atoms with Crippen molar-refractivity contribution in [3.8, 4) is 0 Å². The molecule has 1 aliphatic rings. The van der Waals surface area contributed by atoms with Crippen molar-refractivity contribution in [2.24, 2.45) is 9.98 Å². The quantitative estimate of drug-likeness (QED) is 0.715. The van der Waals surface area contributed by atoms with Crippen LogP contribution in [0.25, 0.3) is 0 Å². The summed E-state index contributed by atoms with van der Waals surface area (Å²) in [6.07, 6.45) is -4.12. The zero-order valence-corrected chi connectivity index (χ0v) is 16.2. The van der Waals surface area contributed by atoms with Crippen molar-refractivity contribution >= 4 is 28.8 Å². The van der Waals surface area contributed by atoms with E-state index >= 15 is 0 Å². The average Bonchev–Trinajstić information content (AvgIpc) is 2.76. The van der Waals surface area contributed by atoms with Crippen LogP contribution in [0.5, 0.6) is 0 Å². The van der Waals surface area contributed by atoms with E-state index in [-0.39, 0.29) is 29.2 Å². The first-order valence-electron chi connectivity index (χ1n) is 8.67. The number of hydrogen-bond donors (Lipinski definition) is 2. The largest absolute Gasteiger partial charge is 0.417 e. The third kappa shape index (κ3) is 4.40. The molecular weight excluding hydrogens is 412 g/mol. The number of aliphatic hydroxyl groups excluding tert-OH is 1. The molecule has 154 valence electrons. The van der Waals surface area contributed by atoms with E-state index in [1.165, 1.54) is 18.3 Å². The van der Waals surface area contributed by atoms with Crippen LogP contribution in [0.4, 0.5) is 23.2 Å². The van der Waals surface area contributed by atoms with E-state index in [0.29, 0.717) is 5.84 Å². The zero-order valence-electron chi connectivity index (χ0n) is 15.4. The number of alkyl halides is 3. The molecule has 1 aromatic heterocycles. The van der Waals surface area contributed by atoms with Crippen molar-refractivity contribution in [1.29, 1.82) is 0 Å². The second-order valence-electron chi connectivity index (χ2n) is 6.53. The summed E-state index contributed by atoms with van der Waals surface area (Å²) in [5, 5.41) is 11.8. The summed E-state index contributed by atoms with van der Waals surface area (Å²) in [6, 6.07) is 3.85. The van der Waals surface area contributed by atoms with Gasteiger partial charge in [-0.2, -0.15) is 13.2 Å². The molecule has 0 fully saturated rings. The monoisotopic (exact) mass is 428 g/mol. The first kappa shape index (κ1) is 21.2. The fourth-order valence-corrected chi connectivity index (χ4v) is 3.20. The molecule has 0 spiro atoms. The van der Waals surface area contributed by atoms with E-state index in [9.17, 15) is 22.7 Å². The molecular formula is C19H17ClF4N4O. The number of rotatable bonds is 3. The molecule has 1 unspecified atom stereocenters. The molecule has 10 heteroatoms. The maximum atomic E-state index is 14.5. The number of benzene rings is 1. The number of nitrogens with zero attached hydrogens (tertiary/aromatic N) is 3. The Morgan fingerprint density at radius 2 is 2.03 bits per heavy atom. The zero-order chi connectivity index (χ0) is 21.3. The van der Waals surface area contributed by atoms with Gasteiger partial charge in [0.05, 0.1) is 34.6 Å². The molecule has 2 aromatic rings. The molecule has 0 amide bonds. The van der Waals surface area contributed by atoms with Gasteiger partial charge in [0.15, 0.2) is 5.82 Å². The Kier molecular flexibility index (Phi) is 5.90. The van der Waals surface area contributed by atoms with E-state index in [2.05, 4.69) is 20.3 Å². The Morgan fingerprint density at radius 1 is 1.31 bits per heavy atom. The number of aromatic nitrogens is 1. The van der Waals surface area contributed by atoms with Crippen LogP contribution in [-0.4, -0.2) is 40.3 Å². The standard InChI is InChI=1S/C19H17ClF4N4O/c1-9(29)8-26-18-10(2)27-17(16-12(21)4-3-7-25-16)14-13(28-18)6-5-11(15(14)20)19(22,23)24/h3-7,9-10,29H,8H2,1-2H3,(H,26,28)/t9?,10-/m0/s1. The Labute approximate surface area is 169 Å². The Balaban J connectivity index is 2.28. The van der Waals surface area contributed by atoms with Crippen molar-refractivity contribution < 1.29 is 22.7 Å². The Morgan fingerprint density at radius 3 is 2.66 bits per heavy atom. The Bertz CT molecular complexity index is 989. The molecule has 3 rings (SSSR count). The average molecular weight is 429 g/mol. The third-order valence-corrected chi connectivity index (χ3v) is 4.57. The first-order chi connectivity index (χ1) is 13.6. The fourth-order valence-electron chi connectivity index (χ4n) is 2.83. The maximum absolute atomic E-state index is 14.5. The third-order valence-electron chi connectivity index (χ3n) is 4.17. The summed E-state index contributed by atoms with van der Waals surface area (Å²) in [7, 11) is 0. The molecule has 0 bridgehead atoms. The predicted molar refractivity (Wildman–Crippen MR) is 103 cm³/mol. The maximum Gasteiger partial charge on any atom is 0.417 e. The molecule has 0 saturated heterocycles. The lowest BCUT2D eigenvalue weighted by molar-refractivity contribution is -0.137. The van der Waals surface area contributed by atoms with Crippen LogP contribution in [0.3, 0.4) is 0 Å². The fraction of sp³-hybridized carbons (Fsp3) is 0.316. The van der Waals surface area contributed by atoms with Gasteiger partial charge in [-0.05, 0) is 38.1 Å². The van der Waals surface area contributed by atoms with Crippen LogP contribution < -0.4 is 5.32 Å². The molecule has 2 heterocycles. The number of hydrogen-bond acceptors (Lipinski definition) is 4. The second-order valence-corrected chi connectivity index (χ2v) is 6.91. The summed E-state index contributed by atoms with van der Waals surface area (Å²) >= 11 is 6.13. The highest BCUT2D eigenvalue weighted by Gasteiger charge is 2.37. The normalized spacial score (nSPS) is 19.2. The van der Waals surface area contributed by atoms with Crippen LogP contribution in [0.2, 0.25) is 5.02 Å². The van der Waals surface area contributed by atoms with Crippen molar-refractivity contribution in [1.82, 2.24) is 4.98 Å². The van der Waals surface area contributed by atoms with Gasteiger partial charge in [-0.1, -0.05) is 11.6 Å². The van der Waals surface area contributed by atoms with Gasteiger partial charge in [0.25, 0.3) is 0 Å².